The van der Waals surface area contributed by atoms with E-state index >= 15 is 0 Å². The molecule has 2 aromatic heterocycles. The molecule has 1 amide bonds. The molecule has 0 saturated carbocycles. The van der Waals surface area contributed by atoms with Gasteiger partial charge in [-0.3, -0.25) is 9.78 Å². The van der Waals surface area contributed by atoms with Crippen LogP contribution in [0.3, 0.4) is 0 Å². The Morgan fingerprint density at radius 2 is 2.26 bits per heavy atom. The molecule has 6 nitrogen and oxygen atoms in total. The number of aromatic nitrogens is 3. The zero-order valence-corrected chi connectivity index (χ0v) is 14.4. The van der Waals surface area contributed by atoms with Crippen LogP contribution in [0.5, 0.6) is 5.88 Å². The molecule has 3 rings (SSSR count). The summed E-state index contributed by atoms with van der Waals surface area (Å²) >= 11 is 3.34. The van der Waals surface area contributed by atoms with E-state index in [1.165, 1.54) is 0 Å². The van der Waals surface area contributed by atoms with Gasteiger partial charge >= 0.3 is 0 Å². The van der Waals surface area contributed by atoms with Crippen molar-refractivity contribution in [3.63, 3.8) is 0 Å². The second-order valence-corrected chi connectivity index (χ2v) is 6.54. The molecule has 0 N–H and O–H groups in total. The third kappa shape index (κ3) is 4.04. The summed E-state index contributed by atoms with van der Waals surface area (Å²) in [5.74, 6) is 0.843. The van der Waals surface area contributed by atoms with Gasteiger partial charge in [0.15, 0.2) is 0 Å². The van der Waals surface area contributed by atoms with E-state index in [1.807, 2.05) is 24.0 Å². The lowest BCUT2D eigenvalue weighted by Gasteiger charge is -2.16. The third-order valence-corrected chi connectivity index (χ3v) is 4.20. The van der Waals surface area contributed by atoms with E-state index in [2.05, 4.69) is 31.1 Å². The molecular formula is C16H17BrN4O2. The highest BCUT2D eigenvalue weighted by Crippen LogP contribution is 2.20. The maximum absolute atomic E-state index is 12.5. The highest BCUT2D eigenvalue weighted by atomic mass is 79.9. The fraction of sp³-hybridized carbons (Fsp3) is 0.375. The van der Waals surface area contributed by atoms with Crippen LogP contribution in [0.2, 0.25) is 0 Å². The summed E-state index contributed by atoms with van der Waals surface area (Å²) < 4.78 is 6.47. The summed E-state index contributed by atoms with van der Waals surface area (Å²) in [5, 5.41) is 7.95. The topological polar surface area (TPSA) is 68.2 Å². The molecule has 0 radical (unpaired) electrons. The van der Waals surface area contributed by atoms with Crippen LogP contribution >= 0.6 is 15.9 Å². The molecule has 1 aliphatic rings. The number of nitrogens with zero attached hydrogens (tertiary/aromatic N) is 4. The van der Waals surface area contributed by atoms with Crippen LogP contribution in [-0.4, -0.2) is 45.7 Å². The Morgan fingerprint density at radius 1 is 1.39 bits per heavy atom. The lowest BCUT2D eigenvalue weighted by molar-refractivity contribution is 0.0782. The monoisotopic (exact) mass is 376 g/mol. The SMILES string of the molecule is Cc1ccc(OCC2CCN(C(=O)c3cncc(Br)c3)C2)nn1. The fourth-order valence-corrected chi connectivity index (χ4v) is 2.90. The van der Waals surface area contributed by atoms with Crippen molar-refractivity contribution in [2.75, 3.05) is 19.7 Å². The van der Waals surface area contributed by atoms with Crippen molar-refractivity contribution < 1.29 is 9.53 Å². The number of hydrogen-bond acceptors (Lipinski definition) is 5. The molecule has 0 spiro atoms. The molecular weight excluding hydrogens is 360 g/mol. The average molecular weight is 377 g/mol. The van der Waals surface area contributed by atoms with Crippen molar-refractivity contribution in [2.45, 2.75) is 13.3 Å². The van der Waals surface area contributed by atoms with Gasteiger partial charge in [-0.25, -0.2) is 0 Å². The quantitative estimate of drug-likeness (QED) is 0.819. The summed E-state index contributed by atoms with van der Waals surface area (Å²) in [6.45, 7) is 3.84. The van der Waals surface area contributed by atoms with Crippen LogP contribution < -0.4 is 4.74 Å². The smallest absolute Gasteiger partial charge is 0.255 e. The van der Waals surface area contributed by atoms with Gasteiger partial charge in [-0.05, 0) is 41.4 Å². The van der Waals surface area contributed by atoms with Crippen molar-refractivity contribution in [1.82, 2.24) is 20.1 Å². The Bertz CT molecular complexity index is 693. The van der Waals surface area contributed by atoms with Gasteiger partial charge in [0, 0.05) is 41.9 Å². The fourth-order valence-electron chi connectivity index (χ4n) is 2.53. The van der Waals surface area contributed by atoms with E-state index in [1.54, 1.807) is 18.5 Å². The Balaban J connectivity index is 1.54. The van der Waals surface area contributed by atoms with Crippen LogP contribution in [0.25, 0.3) is 0 Å². The predicted octanol–water partition coefficient (Wildman–Crippen LogP) is 2.48. The summed E-state index contributed by atoms with van der Waals surface area (Å²) in [6.07, 6.45) is 4.19. The second kappa shape index (κ2) is 7.04. The minimum Gasteiger partial charge on any atom is -0.476 e. The molecule has 2 aromatic rings. The number of hydrogen-bond donors (Lipinski definition) is 0. The molecule has 0 bridgehead atoms. The van der Waals surface area contributed by atoms with Gasteiger partial charge in [0.1, 0.15) is 0 Å². The number of likely N-dealkylation sites (tertiary alicyclic amines) is 1. The van der Waals surface area contributed by atoms with Crippen molar-refractivity contribution in [1.29, 1.82) is 0 Å². The van der Waals surface area contributed by atoms with Gasteiger partial charge in [0.25, 0.3) is 5.91 Å². The standard InChI is InChI=1S/C16H17BrN4O2/c1-11-2-3-15(20-19-11)23-10-12-4-5-21(9-12)16(22)13-6-14(17)8-18-7-13/h2-3,6-8,12H,4-5,9-10H2,1H3. The second-order valence-electron chi connectivity index (χ2n) is 5.62. The summed E-state index contributed by atoms with van der Waals surface area (Å²) in [5.41, 5.74) is 1.46. The number of carbonyl (C=O) groups excluding carboxylic acids is 1. The van der Waals surface area contributed by atoms with Crippen molar-refractivity contribution in [2.24, 2.45) is 5.92 Å². The van der Waals surface area contributed by atoms with E-state index in [-0.39, 0.29) is 5.91 Å². The van der Waals surface area contributed by atoms with E-state index in [0.29, 0.717) is 30.5 Å². The van der Waals surface area contributed by atoms with Gasteiger partial charge in [0.05, 0.1) is 17.9 Å². The zero-order valence-electron chi connectivity index (χ0n) is 12.8. The average Bonchev–Trinajstić information content (AvgIpc) is 3.02. The van der Waals surface area contributed by atoms with Crippen LogP contribution in [-0.2, 0) is 0 Å². The van der Waals surface area contributed by atoms with Crippen LogP contribution in [0.1, 0.15) is 22.5 Å². The highest BCUT2D eigenvalue weighted by Gasteiger charge is 2.27. The van der Waals surface area contributed by atoms with Gasteiger partial charge < -0.3 is 9.64 Å². The summed E-state index contributed by atoms with van der Waals surface area (Å²) in [4.78, 5) is 18.3. The molecule has 3 heterocycles. The number of aryl methyl sites for hydroxylation is 1. The first kappa shape index (κ1) is 15.9. The first-order chi connectivity index (χ1) is 11.1. The molecule has 1 saturated heterocycles. The van der Waals surface area contributed by atoms with Gasteiger partial charge in [-0.2, -0.15) is 5.10 Å². The molecule has 0 aromatic carbocycles. The van der Waals surface area contributed by atoms with Gasteiger partial charge in [0.2, 0.25) is 5.88 Å². The Kier molecular flexibility index (Phi) is 4.85. The van der Waals surface area contributed by atoms with Crippen LogP contribution in [0.4, 0.5) is 0 Å². The summed E-state index contributed by atoms with van der Waals surface area (Å²) in [7, 11) is 0. The third-order valence-electron chi connectivity index (χ3n) is 3.77. The first-order valence-corrected chi connectivity index (χ1v) is 8.24. The predicted molar refractivity (Wildman–Crippen MR) is 88.2 cm³/mol. The number of ether oxygens (including phenoxy) is 1. The number of amides is 1. The van der Waals surface area contributed by atoms with E-state index in [4.69, 9.17) is 4.74 Å². The van der Waals surface area contributed by atoms with E-state index in [9.17, 15) is 4.79 Å². The molecule has 1 atom stereocenters. The molecule has 120 valence electrons. The van der Waals surface area contributed by atoms with Crippen molar-refractivity contribution in [3.8, 4) is 5.88 Å². The largest absolute Gasteiger partial charge is 0.476 e. The maximum atomic E-state index is 12.5. The van der Waals surface area contributed by atoms with Crippen molar-refractivity contribution in [3.05, 3.63) is 46.3 Å². The Hall–Kier alpha value is -2.02. The minimum atomic E-state index is 0.0106. The summed E-state index contributed by atoms with van der Waals surface area (Å²) in [6, 6.07) is 5.47. The molecule has 0 aliphatic carbocycles. The van der Waals surface area contributed by atoms with Gasteiger partial charge in [-0.1, -0.05) is 0 Å². The normalized spacial score (nSPS) is 17.3. The number of pyridine rings is 1. The maximum Gasteiger partial charge on any atom is 0.255 e. The van der Waals surface area contributed by atoms with Crippen LogP contribution in [0.15, 0.2) is 35.1 Å². The van der Waals surface area contributed by atoms with Crippen molar-refractivity contribution >= 4 is 21.8 Å². The highest BCUT2D eigenvalue weighted by molar-refractivity contribution is 9.10. The Labute approximate surface area is 143 Å². The first-order valence-electron chi connectivity index (χ1n) is 7.45. The molecule has 23 heavy (non-hydrogen) atoms. The van der Waals surface area contributed by atoms with Gasteiger partial charge in [-0.15, -0.1) is 5.10 Å². The molecule has 1 unspecified atom stereocenters. The lowest BCUT2D eigenvalue weighted by atomic mass is 10.1. The number of halogens is 1. The number of carbonyl (C=O) groups is 1. The zero-order chi connectivity index (χ0) is 16.2. The molecule has 1 aliphatic heterocycles. The Morgan fingerprint density at radius 3 is 3.00 bits per heavy atom. The van der Waals surface area contributed by atoms with E-state index in [0.717, 1.165) is 23.1 Å². The lowest BCUT2D eigenvalue weighted by Crippen LogP contribution is -2.29. The molecule has 7 heteroatoms. The van der Waals surface area contributed by atoms with Crippen LogP contribution in [0, 0.1) is 12.8 Å². The minimum absolute atomic E-state index is 0.0106. The molecule has 1 fully saturated rings. The number of rotatable bonds is 4. The van der Waals surface area contributed by atoms with E-state index < -0.39 is 0 Å².